The number of fused-ring (bicyclic) bond motifs is 1. The molecular weight excluding hydrogens is 302 g/mol. The Balaban J connectivity index is 1.38. The van der Waals surface area contributed by atoms with Gasteiger partial charge in [0.05, 0.1) is 6.54 Å². The van der Waals surface area contributed by atoms with Gasteiger partial charge in [0.15, 0.2) is 0 Å². The quantitative estimate of drug-likeness (QED) is 0.871. The van der Waals surface area contributed by atoms with Gasteiger partial charge in [-0.25, -0.2) is 0 Å². The van der Waals surface area contributed by atoms with Gasteiger partial charge in [0.25, 0.3) is 0 Å². The van der Waals surface area contributed by atoms with Gasteiger partial charge in [0, 0.05) is 51.1 Å². The van der Waals surface area contributed by atoms with E-state index in [9.17, 15) is 4.79 Å². The number of amides is 1. The molecule has 5 nitrogen and oxygen atoms in total. The first kappa shape index (κ1) is 15.0. The van der Waals surface area contributed by atoms with Crippen LogP contribution in [0.4, 0.5) is 5.69 Å². The van der Waals surface area contributed by atoms with Gasteiger partial charge in [-0.2, -0.15) is 0 Å². The molecule has 0 spiro atoms. The first-order valence-electron chi connectivity index (χ1n) is 8.38. The fraction of sp³-hybridized carbons (Fsp3) is 0.368. The number of anilines is 1. The van der Waals surface area contributed by atoms with Gasteiger partial charge >= 0.3 is 0 Å². The Morgan fingerprint density at radius 1 is 1.17 bits per heavy atom. The Labute approximate surface area is 141 Å². The summed E-state index contributed by atoms with van der Waals surface area (Å²) in [6.45, 7) is 4.91. The molecule has 2 aromatic rings. The maximum Gasteiger partial charge on any atom is 0.219 e. The Morgan fingerprint density at radius 3 is 2.67 bits per heavy atom. The zero-order valence-corrected chi connectivity index (χ0v) is 13.8. The number of benzene rings is 1. The van der Waals surface area contributed by atoms with Crippen LogP contribution in [0.3, 0.4) is 0 Å². The minimum atomic E-state index is 0.0989. The molecule has 1 amide bonds. The third-order valence-electron chi connectivity index (χ3n) is 4.82. The summed E-state index contributed by atoms with van der Waals surface area (Å²) in [5, 5.41) is 0. The Hall–Kier alpha value is -2.56. The Kier molecular flexibility index (Phi) is 3.84. The number of carbonyl (C=O) groups is 1. The van der Waals surface area contributed by atoms with Crippen LogP contribution in [0.2, 0.25) is 0 Å². The molecule has 0 saturated carbocycles. The first-order chi connectivity index (χ1) is 11.7. The van der Waals surface area contributed by atoms with Gasteiger partial charge in [-0.05, 0) is 41.5 Å². The molecule has 1 aromatic heterocycles. The summed E-state index contributed by atoms with van der Waals surface area (Å²) < 4.78 is 6.01. The van der Waals surface area contributed by atoms with Crippen molar-refractivity contribution < 1.29 is 9.53 Å². The lowest BCUT2D eigenvalue weighted by molar-refractivity contribution is -0.128. The van der Waals surface area contributed by atoms with Gasteiger partial charge < -0.3 is 14.5 Å². The van der Waals surface area contributed by atoms with Crippen molar-refractivity contribution in [2.75, 3.05) is 18.0 Å². The van der Waals surface area contributed by atoms with Crippen LogP contribution in [0.15, 0.2) is 42.7 Å². The molecule has 2 aliphatic heterocycles. The number of carbonyl (C=O) groups excluding carboxylic acids is 1. The standard InChI is InChI=1S/C19H21N3O2/c1-14(23)21-9-7-19(13-21)24-18-4-2-17(3-5-18)22-11-15-6-8-20-10-16(15)12-22/h2-6,8,10,19H,7,9,11-13H2,1H3. The molecule has 2 aliphatic rings. The molecule has 1 aromatic carbocycles. The van der Waals surface area contributed by atoms with Crippen LogP contribution in [-0.2, 0) is 17.9 Å². The van der Waals surface area contributed by atoms with Crippen LogP contribution in [-0.4, -0.2) is 35.0 Å². The molecule has 0 bridgehead atoms. The molecule has 1 unspecified atom stereocenters. The summed E-state index contributed by atoms with van der Waals surface area (Å²) in [5.41, 5.74) is 3.84. The van der Waals surface area contributed by atoms with Gasteiger partial charge in [0.2, 0.25) is 5.91 Å². The minimum absolute atomic E-state index is 0.0989. The Morgan fingerprint density at radius 2 is 1.96 bits per heavy atom. The third kappa shape index (κ3) is 2.94. The largest absolute Gasteiger partial charge is 0.489 e. The maximum atomic E-state index is 11.4. The van der Waals surface area contributed by atoms with E-state index in [1.807, 2.05) is 29.4 Å². The van der Waals surface area contributed by atoms with Crippen molar-refractivity contribution >= 4 is 11.6 Å². The van der Waals surface area contributed by atoms with Crippen molar-refractivity contribution in [2.45, 2.75) is 32.5 Å². The lowest BCUT2D eigenvalue weighted by Crippen LogP contribution is -2.28. The summed E-state index contributed by atoms with van der Waals surface area (Å²) in [6.07, 6.45) is 4.80. The topological polar surface area (TPSA) is 45.7 Å². The van der Waals surface area contributed by atoms with Crippen molar-refractivity contribution in [3.8, 4) is 5.75 Å². The predicted molar refractivity (Wildman–Crippen MR) is 91.9 cm³/mol. The van der Waals surface area contributed by atoms with E-state index < -0.39 is 0 Å². The number of pyridine rings is 1. The molecule has 5 heteroatoms. The molecule has 4 rings (SSSR count). The fourth-order valence-corrected chi connectivity index (χ4v) is 3.44. The molecule has 1 saturated heterocycles. The van der Waals surface area contributed by atoms with E-state index in [4.69, 9.17) is 4.74 Å². The van der Waals surface area contributed by atoms with Gasteiger partial charge in [-0.1, -0.05) is 0 Å². The number of likely N-dealkylation sites (tertiary alicyclic amines) is 1. The van der Waals surface area contributed by atoms with Gasteiger partial charge in [0.1, 0.15) is 11.9 Å². The van der Waals surface area contributed by atoms with Gasteiger partial charge in [-0.3, -0.25) is 9.78 Å². The lowest BCUT2D eigenvalue weighted by atomic mass is 10.2. The van der Waals surface area contributed by atoms with Crippen LogP contribution < -0.4 is 9.64 Å². The highest BCUT2D eigenvalue weighted by Gasteiger charge is 2.25. The number of ether oxygens (including phenoxy) is 1. The fourth-order valence-electron chi connectivity index (χ4n) is 3.44. The molecular formula is C19H21N3O2. The van der Waals surface area contributed by atoms with E-state index in [2.05, 4.69) is 28.1 Å². The van der Waals surface area contributed by atoms with E-state index in [-0.39, 0.29) is 12.0 Å². The molecule has 3 heterocycles. The molecule has 0 radical (unpaired) electrons. The second-order valence-electron chi connectivity index (χ2n) is 6.49. The zero-order valence-electron chi connectivity index (χ0n) is 13.8. The minimum Gasteiger partial charge on any atom is -0.489 e. The molecule has 24 heavy (non-hydrogen) atoms. The number of aromatic nitrogens is 1. The van der Waals surface area contributed by atoms with Crippen molar-refractivity contribution in [3.63, 3.8) is 0 Å². The van der Waals surface area contributed by atoms with Gasteiger partial charge in [-0.15, -0.1) is 0 Å². The summed E-state index contributed by atoms with van der Waals surface area (Å²) >= 11 is 0. The Bertz CT molecular complexity index is 720. The average molecular weight is 323 g/mol. The van der Waals surface area contributed by atoms with E-state index >= 15 is 0 Å². The third-order valence-corrected chi connectivity index (χ3v) is 4.82. The van der Waals surface area contributed by atoms with Crippen molar-refractivity contribution in [1.29, 1.82) is 0 Å². The van der Waals surface area contributed by atoms with Crippen LogP contribution in [0.1, 0.15) is 24.5 Å². The summed E-state index contributed by atoms with van der Waals surface area (Å²) in [6, 6.07) is 10.3. The SMILES string of the molecule is CC(=O)N1CCC(Oc2ccc(N3Cc4ccncc4C3)cc2)C1. The highest BCUT2D eigenvalue weighted by atomic mass is 16.5. The average Bonchev–Trinajstić information content (AvgIpc) is 3.22. The van der Waals surface area contributed by atoms with E-state index in [1.165, 1.54) is 16.8 Å². The predicted octanol–water partition coefficient (Wildman–Crippen LogP) is 2.60. The second kappa shape index (κ2) is 6.15. The van der Waals surface area contributed by atoms with Crippen LogP contribution >= 0.6 is 0 Å². The smallest absolute Gasteiger partial charge is 0.219 e. The molecule has 1 atom stereocenters. The molecule has 0 N–H and O–H groups in total. The van der Waals surface area contributed by atoms with Crippen molar-refractivity contribution in [2.24, 2.45) is 0 Å². The lowest BCUT2D eigenvalue weighted by Gasteiger charge is -2.19. The second-order valence-corrected chi connectivity index (χ2v) is 6.49. The van der Waals surface area contributed by atoms with Crippen LogP contribution in [0, 0.1) is 0 Å². The normalized spacial score (nSPS) is 19.5. The van der Waals surface area contributed by atoms with Crippen molar-refractivity contribution in [3.05, 3.63) is 53.9 Å². The molecule has 0 aliphatic carbocycles. The van der Waals surface area contributed by atoms with E-state index in [1.54, 1.807) is 6.92 Å². The van der Waals surface area contributed by atoms with Crippen molar-refractivity contribution in [1.82, 2.24) is 9.88 Å². The van der Waals surface area contributed by atoms with E-state index in [0.29, 0.717) is 6.54 Å². The van der Waals surface area contributed by atoms with Crippen LogP contribution in [0.5, 0.6) is 5.75 Å². The first-order valence-corrected chi connectivity index (χ1v) is 8.38. The maximum absolute atomic E-state index is 11.4. The number of rotatable bonds is 3. The zero-order chi connectivity index (χ0) is 16.5. The molecule has 1 fully saturated rings. The summed E-state index contributed by atoms with van der Waals surface area (Å²) in [7, 11) is 0. The number of hydrogen-bond acceptors (Lipinski definition) is 4. The summed E-state index contributed by atoms with van der Waals surface area (Å²) in [4.78, 5) is 19.8. The number of hydrogen-bond donors (Lipinski definition) is 0. The van der Waals surface area contributed by atoms with E-state index in [0.717, 1.165) is 31.8 Å². The van der Waals surface area contributed by atoms with Crippen LogP contribution in [0.25, 0.3) is 0 Å². The molecule has 124 valence electrons. The highest BCUT2D eigenvalue weighted by molar-refractivity contribution is 5.73. The monoisotopic (exact) mass is 323 g/mol. The highest BCUT2D eigenvalue weighted by Crippen LogP contribution is 2.29. The summed E-state index contributed by atoms with van der Waals surface area (Å²) in [5.74, 6) is 0.993. The number of nitrogens with zero attached hydrogens (tertiary/aromatic N) is 3.